The average Bonchev–Trinajstić information content (AvgIpc) is 3.23. The van der Waals surface area contributed by atoms with E-state index in [0.717, 1.165) is 76.6 Å². The zero-order valence-corrected chi connectivity index (χ0v) is 33.8. The fraction of sp³-hybridized carbons (Fsp3) is 0.455. The fourth-order valence-electron chi connectivity index (χ4n) is 7.23. The fourth-order valence-corrected chi connectivity index (χ4v) is 8.12. The second kappa shape index (κ2) is 21.6. The molecular weight excluding hydrogens is 731 g/mol. The van der Waals surface area contributed by atoms with Gasteiger partial charge in [0.2, 0.25) is 5.75 Å². The maximum atomic E-state index is 10.4. The van der Waals surface area contributed by atoms with Crippen LogP contribution in [0.1, 0.15) is 27.8 Å². The minimum absolute atomic E-state index is 0.273. The summed E-state index contributed by atoms with van der Waals surface area (Å²) in [7, 11) is 4.75. The number of methoxy groups -OCH3 is 3. The number of fused-ring (bicyclic) bond motifs is 2. The lowest BCUT2D eigenvalue weighted by Gasteiger charge is -2.30. The highest BCUT2D eigenvalue weighted by Crippen LogP contribution is 2.38. The minimum atomic E-state index is -0.535. The molecule has 4 aromatic rings. The van der Waals surface area contributed by atoms with Gasteiger partial charge in [-0.05, 0) is 89.0 Å². The molecule has 0 spiro atoms. The third-order valence-electron chi connectivity index (χ3n) is 10.1. The van der Waals surface area contributed by atoms with Gasteiger partial charge < -0.3 is 38.6 Å². The Morgan fingerprint density at radius 1 is 0.661 bits per heavy atom. The lowest BCUT2D eigenvalue weighted by Crippen LogP contribution is -2.38. The van der Waals surface area contributed by atoms with Crippen LogP contribution in [0.4, 0.5) is 0 Å². The second-order valence-corrected chi connectivity index (χ2v) is 15.4. The number of β-amino-alcohol motifs (C(OH)–C–C–N with tert-alkyl or cyclic N) is 2. The van der Waals surface area contributed by atoms with Crippen molar-refractivity contribution in [3.63, 3.8) is 0 Å². The summed E-state index contributed by atoms with van der Waals surface area (Å²) in [6, 6.07) is 28.9. The zero-order valence-electron chi connectivity index (χ0n) is 32.9. The maximum absolute atomic E-state index is 10.4. The molecule has 12 heteroatoms. The molecule has 0 radical (unpaired) electrons. The largest absolute Gasteiger partial charge is 0.493 e. The highest BCUT2D eigenvalue weighted by Gasteiger charge is 2.21. The molecule has 3 aliphatic heterocycles. The first-order valence-electron chi connectivity index (χ1n) is 19.4. The van der Waals surface area contributed by atoms with Crippen LogP contribution in [0.2, 0.25) is 0 Å². The van der Waals surface area contributed by atoms with E-state index >= 15 is 0 Å². The number of benzene rings is 4. The van der Waals surface area contributed by atoms with E-state index in [2.05, 4.69) is 74.8 Å². The van der Waals surface area contributed by atoms with Gasteiger partial charge in [0.15, 0.2) is 11.5 Å². The minimum Gasteiger partial charge on any atom is -0.493 e. The van der Waals surface area contributed by atoms with E-state index in [1.807, 2.05) is 24.3 Å². The maximum Gasteiger partial charge on any atom is 0.203 e. The molecule has 11 nitrogen and oxygen atoms in total. The second-order valence-electron chi connectivity index (χ2n) is 14.3. The normalized spacial score (nSPS) is 17.1. The Morgan fingerprint density at radius 2 is 1.20 bits per heavy atom. The first-order chi connectivity index (χ1) is 27.4. The van der Waals surface area contributed by atoms with E-state index in [-0.39, 0.29) is 6.61 Å². The van der Waals surface area contributed by atoms with Gasteiger partial charge in [0.1, 0.15) is 18.5 Å². The number of aliphatic hydroxyl groups is 2. The monoisotopic (exact) mass is 787 g/mol. The van der Waals surface area contributed by atoms with Gasteiger partial charge in [0.05, 0.1) is 53.9 Å². The summed E-state index contributed by atoms with van der Waals surface area (Å²) in [6.07, 6.45) is 1.04. The molecule has 56 heavy (non-hydrogen) atoms. The van der Waals surface area contributed by atoms with E-state index in [4.69, 9.17) is 28.4 Å². The van der Waals surface area contributed by atoms with Crippen molar-refractivity contribution in [2.45, 2.75) is 49.6 Å². The highest BCUT2D eigenvalue weighted by molar-refractivity contribution is 7.97. The number of rotatable bonds is 16. The molecule has 2 unspecified atom stereocenters. The van der Waals surface area contributed by atoms with E-state index < -0.39 is 12.2 Å². The van der Waals surface area contributed by atoms with Gasteiger partial charge in [-0.25, -0.2) is 4.31 Å². The molecule has 0 bridgehead atoms. The number of hydrogen-bond acceptors (Lipinski definition) is 12. The van der Waals surface area contributed by atoms with Gasteiger partial charge in [-0.15, -0.1) is 0 Å². The first-order valence-corrected chi connectivity index (χ1v) is 20.2. The number of morpholine rings is 1. The number of nitrogens with zero attached hydrogens (tertiary/aromatic N) is 3. The molecular formula is C44H57N3O8S. The Kier molecular flexibility index (Phi) is 16.1. The zero-order chi connectivity index (χ0) is 39.1. The smallest absolute Gasteiger partial charge is 0.203 e. The van der Waals surface area contributed by atoms with Gasteiger partial charge in [-0.2, -0.15) is 0 Å². The molecule has 3 aliphatic rings. The molecule has 3 heterocycles. The Hall–Kier alpha value is -3.85. The van der Waals surface area contributed by atoms with E-state index in [0.29, 0.717) is 43.6 Å². The Balaban J connectivity index is 0.000000190. The SMILES string of the molecule is COc1cc(COCC(O)CN2CCc3ccccc3C2)cc(OC)c1OC.OC(COc1ccc(SN2CCOCC2)cc1)CN1CCc2ccccc2C1. The van der Waals surface area contributed by atoms with E-state index in [1.165, 1.54) is 27.1 Å². The van der Waals surface area contributed by atoms with Crippen LogP contribution in [-0.2, 0) is 42.0 Å². The van der Waals surface area contributed by atoms with Gasteiger partial charge in [0.25, 0.3) is 0 Å². The van der Waals surface area contributed by atoms with Crippen LogP contribution in [0.3, 0.4) is 0 Å². The number of aliphatic hydroxyl groups excluding tert-OH is 2. The van der Waals surface area contributed by atoms with Crippen LogP contribution in [-0.4, -0.2) is 124 Å². The Morgan fingerprint density at radius 3 is 1.73 bits per heavy atom. The molecule has 0 saturated carbocycles. The molecule has 2 atom stereocenters. The molecule has 4 aromatic carbocycles. The summed E-state index contributed by atoms with van der Waals surface area (Å²) in [6.45, 7) is 9.42. The molecule has 302 valence electrons. The summed E-state index contributed by atoms with van der Waals surface area (Å²) in [4.78, 5) is 5.77. The summed E-state index contributed by atoms with van der Waals surface area (Å²) in [5.74, 6) is 2.54. The Bertz CT molecular complexity index is 1770. The molecule has 0 aliphatic carbocycles. The summed E-state index contributed by atoms with van der Waals surface area (Å²) in [5, 5.41) is 20.8. The van der Waals surface area contributed by atoms with E-state index in [9.17, 15) is 10.2 Å². The third-order valence-corrected chi connectivity index (χ3v) is 11.2. The topological polar surface area (TPSA) is 106 Å². The quantitative estimate of drug-likeness (QED) is 0.141. The van der Waals surface area contributed by atoms with Crippen molar-refractivity contribution in [3.05, 3.63) is 113 Å². The van der Waals surface area contributed by atoms with Gasteiger partial charge >= 0.3 is 0 Å². The lowest BCUT2D eigenvalue weighted by atomic mass is 10.00. The van der Waals surface area contributed by atoms with Crippen molar-refractivity contribution < 1.29 is 38.6 Å². The summed E-state index contributed by atoms with van der Waals surface area (Å²) in [5.41, 5.74) is 6.45. The predicted octanol–water partition coefficient (Wildman–Crippen LogP) is 5.47. The molecule has 1 saturated heterocycles. The van der Waals surface area contributed by atoms with Gasteiger partial charge in [-0.1, -0.05) is 48.5 Å². The van der Waals surface area contributed by atoms with Gasteiger partial charge in [0, 0.05) is 57.3 Å². The Labute approximate surface area is 336 Å². The van der Waals surface area contributed by atoms with Crippen molar-refractivity contribution in [1.82, 2.24) is 14.1 Å². The van der Waals surface area contributed by atoms with Crippen molar-refractivity contribution >= 4 is 11.9 Å². The van der Waals surface area contributed by atoms with Crippen molar-refractivity contribution in [2.24, 2.45) is 0 Å². The van der Waals surface area contributed by atoms with Crippen molar-refractivity contribution in [1.29, 1.82) is 0 Å². The van der Waals surface area contributed by atoms with Crippen LogP contribution in [0.5, 0.6) is 23.0 Å². The highest BCUT2D eigenvalue weighted by atomic mass is 32.2. The molecule has 7 rings (SSSR count). The van der Waals surface area contributed by atoms with E-state index in [1.54, 1.807) is 33.3 Å². The van der Waals surface area contributed by atoms with Crippen LogP contribution >= 0.6 is 11.9 Å². The van der Waals surface area contributed by atoms with Crippen molar-refractivity contribution in [3.8, 4) is 23.0 Å². The van der Waals surface area contributed by atoms with Crippen LogP contribution < -0.4 is 18.9 Å². The van der Waals surface area contributed by atoms with Crippen LogP contribution in [0, 0.1) is 0 Å². The lowest BCUT2D eigenvalue weighted by molar-refractivity contribution is 0.00766. The van der Waals surface area contributed by atoms with Crippen LogP contribution in [0.25, 0.3) is 0 Å². The number of ether oxygens (including phenoxy) is 6. The average molecular weight is 788 g/mol. The standard InChI is InChI=1S/C22H28N2O3S.C22H29NO5/c25-20(16-23-10-9-18-3-1-2-4-19(18)15-23)17-27-21-5-7-22(8-6-21)28-24-11-13-26-14-12-24;1-25-20-10-16(11-21(26-2)22(20)27-3)14-28-15-19(24)13-23-9-8-17-6-4-5-7-18(17)12-23/h1-8,20,25H,9-17H2;4-7,10-11,19,24H,8-9,12-15H2,1-3H3. The molecule has 1 fully saturated rings. The summed E-state index contributed by atoms with van der Waals surface area (Å²) >= 11 is 1.76. The van der Waals surface area contributed by atoms with Crippen molar-refractivity contribution in [2.75, 3.05) is 87.0 Å². The predicted molar refractivity (Wildman–Crippen MR) is 219 cm³/mol. The molecule has 0 aromatic heterocycles. The third kappa shape index (κ3) is 12.3. The first kappa shape index (κ1) is 41.8. The summed E-state index contributed by atoms with van der Waals surface area (Å²) < 4.78 is 35.3. The number of hydrogen-bond donors (Lipinski definition) is 2. The van der Waals surface area contributed by atoms with Gasteiger partial charge in [-0.3, -0.25) is 9.80 Å². The molecule has 0 amide bonds. The van der Waals surface area contributed by atoms with Crippen LogP contribution in [0.15, 0.2) is 89.8 Å². The molecule has 2 N–H and O–H groups in total.